The molecule has 2 heterocycles. The van der Waals surface area contributed by atoms with Crippen LogP contribution in [0, 0.1) is 13.8 Å². The standard InChI is InChI=1S/C13H23N3O/c1-5-14-12-6-7-16(8-12)10(3)13-9(2)15-17-11(13)4/h10,12,14H,5-8H2,1-4H3. The van der Waals surface area contributed by atoms with E-state index in [0.717, 1.165) is 31.1 Å². The summed E-state index contributed by atoms with van der Waals surface area (Å²) in [5.41, 5.74) is 2.30. The van der Waals surface area contributed by atoms with Crippen LogP contribution in [0.15, 0.2) is 4.52 Å². The summed E-state index contributed by atoms with van der Waals surface area (Å²) in [6.07, 6.45) is 1.24. The molecule has 1 fully saturated rings. The van der Waals surface area contributed by atoms with Crippen molar-refractivity contribution in [3.05, 3.63) is 17.0 Å². The van der Waals surface area contributed by atoms with E-state index >= 15 is 0 Å². The molecule has 2 rings (SSSR count). The van der Waals surface area contributed by atoms with Gasteiger partial charge in [-0.1, -0.05) is 12.1 Å². The van der Waals surface area contributed by atoms with Gasteiger partial charge < -0.3 is 9.84 Å². The number of aromatic nitrogens is 1. The first-order valence-electron chi connectivity index (χ1n) is 6.53. The Morgan fingerprint density at radius 3 is 2.88 bits per heavy atom. The lowest BCUT2D eigenvalue weighted by molar-refractivity contribution is 0.253. The van der Waals surface area contributed by atoms with Gasteiger partial charge >= 0.3 is 0 Å². The number of hydrogen-bond donors (Lipinski definition) is 1. The molecule has 4 heteroatoms. The fraction of sp³-hybridized carbons (Fsp3) is 0.769. The number of aryl methyl sites for hydroxylation is 2. The SMILES string of the molecule is CCNC1CCN(C(C)c2c(C)noc2C)C1. The van der Waals surface area contributed by atoms with Gasteiger partial charge in [-0.15, -0.1) is 0 Å². The fourth-order valence-corrected chi connectivity index (χ4v) is 2.86. The van der Waals surface area contributed by atoms with Crippen LogP contribution >= 0.6 is 0 Å². The molecule has 2 unspecified atom stereocenters. The normalized spacial score (nSPS) is 23.2. The van der Waals surface area contributed by atoms with Crippen molar-refractivity contribution in [3.63, 3.8) is 0 Å². The van der Waals surface area contributed by atoms with E-state index < -0.39 is 0 Å². The second-order valence-corrected chi connectivity index (χ2v) is 4.95. The summed E-state index contributed by atoms with van der Waals surface area (Å²) < 4.78 is 5.26. The van der Waals surface area contributed by atoms with E-state index in [9.17, 15) is 0 Å². The molecule has 4 nitrogen and oxygen atoms in total. The van der Waals surface area contributed by atoms with Gasteiger partial charge in [-0.25, -0.2) is 0 Å². The molecule has 0 amide bonds. The monoisotopic (exact) mass is 237 g/mol. The van der Waals surface area contributed by atoms with Gasteiger partial charge in [0.2, 0.25) is 0 Å². The zero-order valence-electron chi connectivity index (χ0n) is 11.3. The van der Waals surface area contributed by atoms with Crippen LogP contribution in [0.25, 0.3) is 0 Å². The molecule has 0 bridgehead atoms. The third-order valence-electron chi connectivity index (χ3n) is 3.77. The molecular formula is C13H23N3O. The molecule has 1 aliphatic heterocycles. The Labute approximate surface area is 103 Å². The van der Waals surface area contributed by atoms with Crippen molar-refractivity contribution in [1.82, 2.24) is 15.4 Å². The predicted molar refractivity (Wildman–Crippen MR) is 68.0 cm³/mol. The van der Waals surface area contributed by atoms with E-state index in [1.165, 1.54) is 12.0 Å². The number of nitrogens with one attached hydrogen (secondary N) is 1. The molecule has 96 valence electrons. The average Bonchev–Trinajstić information content (AvgIpc) is 2.87. The lowest BCUT2D eigenvalue weighted by atomic mass is 10.1. The van der Waals surface area contributed by atoms with E-state index in [0.29, 0.717) is 12.1 Å². The van der Waals surface area contributed by atoms with Gasteiger partial charge in [0.05, 0.1) is 5.69 Å². The zero-order valence-corrected chi connectivity index (χ0v) is 11.3. The minimum Gasteiger partial charge on any atom is -0.361 e. The Bertz CT molecular complexity index is 355. The van der Waals surface area contributed by atoms with Gasteiger partial charge in [-0.05, 0) is 33.7 Å². The molecule has 1 saturated heterocycles. The maximum Gasteiger partial charge on any atom is 0.138 e. The molecule has 2 atom stereocenters. The first kappa shape index (κ1) is 12.6. The van der Waals surface area contributed by atoms with Crippen LogP contribution in [0.2, 0.25) is 0 Å². The highest BCUT2D eigenvalue weighted by Gasteiger charge is 2.29. The van der Waals surface area contributed by atoms with Crippen LogP contribution in [0.1, 0.15) is 43.3 Å². The molecule has 0 aromatic carbocycles. The highest BCUT2D eigenvalue weighted by Crippen LogP contribution is 2.29. The smallest absolute Gasteiger partial charge is 0.138 e. The Morgan fingerprint density at radius 1 is 1.53 bits per heavy atom. The molecular weight excluding hydrogens is 214 g/mol. The first-order chi connectivity index (χ1) is 8.13. The van der Waals surface area contributed by atoms with Crippen LogP contribution in [-0.4, -0.2) is 35.7 Å². The van der Waals surface area contributed by atoms with E-state index in [2.05, 4.69) is 29.2 Å². The molecule has 1 aliphatic rings. The van der Waals surface area contributed by atoms with E-state index in [-0.39, 0.29) is 0 Å². The number of nitrogens with zero attached hydrogens (tertiary/aromatic N) is 2. The van der Waals surface area contributed by atoms with E-state index in [4.69, 9.17) is 4.52 Å². The maximum absolute atomic E-state index is 5.26. The number of hydrogen-bond acceptors (Lipinski definition) is 4. The van der Waals surface area contributed by atoms with E-state index in [1.54, 1.807) is 0 Å². The topological polar surface area (TPSA) is 41.3 Å². The van der Waals surface area contributed by atoms with Gasteiger partial charge in [-0.2, -0.15) is 0 Å². The first-order valence-corrected chi connectivity index (χ1v) is 6.53. The molecule has 1 aromatic rings. The molecule has 1 N–H and O–H groups in total. The Kier molecular flexibility index (Phi) is 3.84. The highest BCUT2D eigenvalue weighted by molar-refractivity contribution is 5.24. The summed E-state index contributed by atoms with van der Waals surface area (Å²) in [4.78, 5) is 2.51. The summed E-state index contributed by atoms with van der Waals surface area (Å²) in [5.74, 6) is 0.960. The Balaban J connectivity index is 2.04. The Morgan fingerprint density at radius 2 is 2.29 bits per heavy atom. The third-order valence-corrected chi connectivity index (χ3v) is 3.77. The third kappa shape index (κ3) is 2.53. The van der Waals surface area contributed by atoms with E-state index in [1.807, 2.05) is 13.8 Å². The second kappa shape index (κ2) is 5.19. The van der Waals surface area contributed by atoms with Gasteiger partial charge in [0.15, 0.2) is 0 Å². The van der Waals surface area contributed by atoms with Crippen molar-refractivity contribution in [1.29, 1.82) is 0 Å². The average molecular weight is 237 g/mol. The van der Waals surface area contributed by atoms with Gasteiger partial charge in [-0.3, -0.25) is 4.90 Å². The minimum atomic E-state index is 0.407. The van der Waals surface area contributed by atoms with Gasteiger partial charge in [0.1, 0.15) is 5.76 Å². The summed E-state index contributed by atoms with van der Waals surface area (Å²) in [6.45, 7) is 11.8. The predicted octanol–water partition coefficient (Wildman–Crippen LogP) is 2.04. The summed E-state index contributed by atoms with van der Waals surface area (Å²) in [6, 6.07) is 1.05. The van der Waals surface area contributed by atoms with Gasteiger partial charge in [0, 0.05) is 30.7 Å². The number of likely N-dealkylation sites (tertiary alicyclic amines) is 1. The van der Waals surface area contributed by atoms with Crippen molar-refractivity contribution in [3.8, 4) is 0 Å². The molecule has 0 spiro atoms. The fourth-order valence-electron chi connectivity index (χ4n) is 2.86. The molecule has 0 aliphatic carbocycles. The lowest BCUT2D eigenvalue weighted by Crippen LogP contribution is -2.33. The van der Waals surface area contributed by atoms with Crippen molar-refractivity contribution in [2.75, 3.05) is 19.6 Å². The molecule has 17 heavy (non-hydrogen) atoms. The van der Waals surface area contributed by atoms with Crippen LogP contribution in [0.4, 0.5) is 0 Å². The Hall–Kier alpha value is -0.870. The van der Waals surface area contributed by atoms with Crippen LogP contribution < -0.4 is 5.32 Å². The molecule has 0 radical (unpaired) electrons. The quantitative estimate of drug-likeness (QED) is 0.870. The van der Waals surface area contributed by atoms with Crippen molar-refractivity contribution >= 4 is 0 Å². The van der Waals surface area contributed by atoms with Crippen LogP contribution in [0.5, 0.6) is 0 Å². The van der Waals surface area contributed by atoms with Crippen molar-refractivity contribution in [2.45, 2.75) is 46.2 Å². The number of likely N-dealkylation sites (N-methyl/N-ethyl adjacent to an activating group) is 1. The maximum atomic E-state index is 5.26. The zero-order chi connectivity index (χ0) is 12.4. The lowest BCUT2D eigenvalue weighted by Gasteiger charge is -2.24. The summed E-state index contributed by atoms with van der Waals surface area (Å²) in [5, 5.41) is 7.57. The molecule has 1 aromatic heterocycles. The van der Waals surface area contributed by atoms with Gasteiger partial charge in [0.25, 0.3) is 0 Å². The summed E-state index contributed by atoms with van der Waals surface area (Å²) in [7, 11) is 0. The van der Waals surface area contributed by atoms with Crippen molar-refractivity contribution in [2.24, 2.45) is 0 Å². The second-order valence-electron chi connectivity index (χ2n) is 4.95. The number of rotatable bonds is 4. The van der Waals surface area contributed by atoms with Crippen molar-refractivity contribution < 1.29 is 4.52 Å². The minimum absolute atomic E-state index is 0.407. The summed E-state index contributed by atoms with van der Waals surface area (Å²) >= 11 is 0. The van der Waals surface area contributed by atoms with Crippen LogP contribution in [-0.2, 0) is 0 Å². The largest absolute Gasteiger partial charge is 0.361 e. The molecule has 0 saturated carbocycles. The highest BCUT2D eigenvalue weighted by atomic mass is 16.5. The van der Waals surface area contributed by atoms with Crippen LogP contribution in [0.3, 0.4) is 0 Å².